The SMILES string of the molecule is COC(=O)[C@H](C[C@@H]1CCNC1=O)NC(=O)[C@H](CC1CCCCC1)SNC(=O)OC(Cc1cccc(Cl)c1)c1ccccc1. The number of halogens is 1. The number of rotatable bonds is 13. The van der Waals surface area contributed by atoms with Crippen LogP contribution in [0.4, 0.5) is 4.79 Å². The monoisotopic (exact) mass is 629 g/mol. The Kier molecular flexibility index (Phi) is 12.6. The van der Waals surface area contributed by atoms with E-state index in [0.717, 1.165) is 48.8 Å². The van der Waals surface area contributed by atoms with Crippen LogP contribution in [-0.4, -0.2) is 48.8 Å². The van der Waals surface area contributed by atoms with E-state index in [-0.39, 0.29) is 24.2 Å². The van der Waals surface area contributed by atoms with Gasteiger partial charge in [0.25, 0.3) is 0 Å². The van der Waals surface area contributed by atoms with Crippen LogP contribution in [0.15, 0.2) is 54.6 Å². The highest BCUT2D eigenvalue weighted by atomic mass is 35.5. The molecule has 9 nitrogen and oxygen atoms in total. The van der Waals surface area contributed by atoms with Crippen molar-refractivity contribution in [2.45, 2.75) is 75.2 Å². The van der Waals surface area contributed by atoms with Gasteiger partial charge >= 0.3 is 12.1 Å². The Balaban J connectivity index is 1.43. The molecule has 1 heterocycles. The number of amides is 3. The van der Waals surface area contributed by atoms with Gasteiger partial charge in [-0.25, -0.2) is 9.59 Å². The highest BCUT2D eigenvalue weighted by Crippen LogP contribution is 2.31. The van der Waals surface area contributed by atoms with Crippen LogP contribution in [-0.2, 0) is 30.3 Å². The Bertz CT molecular complexity index is 1240. The fraction of sp³-hybridized carbons (Fsp3) is 0.500. The van der Waals surface area contributed by atoms with Gasteiger partial charge in [0.05, 0.1) is 7.11 Å². The predicted octanol–water partition coefficient (Wildman–Crippen LogP) is 5.52. The van der Waals surface area contributed by atoms with Gasteiger partial charge in [-0.05, 0) is 60.4 Å². The lowest BCUT2D eigenvalue weighted by Gasteiger charge is -2.27. The topological polar surface area (TPSA) is 123 Å². The largest absolute Gasteiger partial charge is 0.467 e. The fourth-order valence-corrected chi connectivity index (χ4v) is 6.80. The first-order valence-electron chi connectivity index (χ1n) is 14.9. The summed E-state index contributed by atoms with van der Waals surface area (Å²) in [7, 11) is 1.26. The van der Waals surface area contributed by atoms with Gasteiger partial charge in [0.1, 0.15) is 17.4 Å². The minimum absolute atomic E-state index is 0.133. The Morgan fingerprint density at radius 1 is 1.02 bits per heavy atom. The van der Waals surface area contributed by atoms with E-state index in [2.05, 4.69) is 15.4 Å². The maximum atomic E-state index is 13.6. The molecule has 1 saturated heterocycles. The summed E-state index contributed by atoms with van der Waals surface area (Å²) in [5.74, 6) is -1.17. The van der Waals surface area contributed by atoms with E-state index in [9.17, 15) is 19.2 Å². The van der Waals surface area contributed by atoms with Gasteiger partial charge < -0.3 is 20.1 Å². The summed E-state index contributed by atoms with van der Waals surface area (Å²) in [6.45, 7) is 0.540. The van der Waals surface area contributed by atoms with Crippen molar-refractivity contribution in [3.05, 3.63) is 70.7 Å². The number of ether oxygens (including phenoxy) is 2. The van der Waals surface area contributed by atoms with E-state index in [1.807, 2.05) is 48.5 Å². The second-order valence-electron chi connectivity index (χ2n) is 11.2. The van der Waals surface area contributed by atoms with Crippen LogP contribution in [0.5, 0.6) is 0 Å². The first-order chi connectivity index (χ1) is 20.8. The van der Waals surface area contributed by atoms with Crippen LogP contribution < -0.4 is 15.4 Å². The van der Waals surface area contributed by atoms with Crippen molar-refractivity contribution in [1.82, 2.24) is 15.4 Å². The Morgan fingerprint density at radius 2 is 1.79 bits per heavy atom. The first kappa shape index (κ1) is 32.7. The molecule has 4 atom stereocenters. The molecular weight excluding hydrogens is 590 g/mol. The summed E-state index contributed by atoms with van der Waals surface area (Å²) in [5, 5.41) is 5.51. The van der Waals surface area contributed by atoms with Gasteiger partial charge in [-0.2, -0.15) is 0 Å². The van der Waals surface area contributed by atoms with Gasteiger partial charge in [0.15, 0.2) is 0 Å². The summed E-state index contributed by atoms with van der Waals surface area (Å²) in [6, 6.07) is 15.9. The van der Waals surface area contributed by atoms with E-state index < -0.39 is 29.5 Å². The standard InChI is InChI=1S/C32H40ClN3O6S/c1-41-31(39)26(20-24-15-16-34-29(24)37)35-30(38)28(19-21-9-4-2-5-10-21)43-36-32(40)42-27(23-12-6-3-7-13-23)18-22-11-8-14-25(33)17-22/h3,6-8,11-14,17,21,24,26-28H,2,4-5,9-10,15-16,18-20H2,1H3,(H,34,37)(H,35,38)(H,36,40)/t24-,26-,27?,28-/m0/s1. The molecule has 1 aliphatic carbocycles. The van der Waals surface area contributed by atoms with Gasteiger partial charge in [-0.1, -0.05) is 86.2 Å². The van der Waals surface area contributed by atoms with Crippen molar-refractivity contribution >= 4 is 47.4 Å². The first-order valence-corrected chi connectivity index (χ1v) is 16.2. The number of benzene rings is 2. The van der Waals surface area contributed by atoms with Gasteiger partial charge in [-0.15, -0.1) is 0 Å². The summed E-state index contributed by atoms with van der Waals surface area (Å²) in [6.07, 6.45) is 5.85. The normalized spacial score (nSPS) is 19.0. The third-order valence-electron chi connectivity index (χ3n) is 8.07. The summed E-state index contributed by atoms with van der Waals surface area (Å²) < 4.78 is 13.5. The molecule has 0 radical (unpaired) electrons. The molecular formula is C32H40ClN3O6S. The molecule has 0 spiro atoms. The fourth-order valence-electron chi connectivity index (χ4n) is 5.76. The van der Waals surface area contributed by atoms with Crippen molar-refractivity contribution in [1.29, 1.82) is 0 Å². The number of nitrogens with one attached hydrogen (secondary N) is 3. The molecule has 232 valence electrons. The molecule has 11 heteroatoms. The van der Waals surface area contributed by atoms with Crippen molar-refractivity contribution in [3.8, 4) is 0 Å². The number of methoxy groups -OCH3 is 1. The average Bonchev–Trinajstić information content (AvgIpc) is 3.42. The van der Waals surface area contributed by atoms with E-state index in [4.69, 9.17) is 21.1 Å². The number of carbonyl (C=O) groups is 4. The molecule has 3 amide bonds. The van der Waals surface area contributed by atoms with Gasteiger partial charge in [0.2, 0.25) is 11.8 Å². The molecule has 2 fully saturated rings. The number of esters is 1. The van der Waals surface area contributed by atoms with Gasteiger partial charge in [0, 0.05) is 23.9 Å². The lowest BCUT2D eigenvalue weighted by Crippen LogP contribution is -2.47. The maximum Gasteiger partial charge on any atom is 0.417 e. The molecule has 3 N–H and O–H groups in total. The molecule has 4 rings (SSSR count). The highest BCUT2D eigenvalue weighted by Gasteiger charge is 2.34. The third kappa shape index (κ3) is 10.2. The van der Waals surface area contributed by atoms with E-state index in [0.29, 0.717) is 36.7 Å². The molecule has 2 aromatic carbocycles. The Labute approximate surface area is 262 Å². The predicted molar refractivity (Wildman–Crippen MR) is 166 cm³/mol. The third-order valence-corrected chi connectivity index (χ3v) is 9.28. The highest BCUT2D eigenvalue weighted by molar-refractivity contribution is 7.99. The lowest BCUT2D eigenvalue weighted by atomic mass is 9.86. The maximum absolute atomic E-state index is 13.6. The van der Waals surface area contributed by atoms with E-state index >= 15 is 0 Å². The van der Waals surface area contributed by atoms with Crippen LogP contribution in [0.25, 0.3) is 0 Å². The van der Waals surface area contributed by atoms with Crippen molar-refractivity contribution in [2.75, 3.05) is 13.7 Å². The molecule has 2 aromatic rings. The van der Waals surface area contributed by atoms with Crippen molar-refractivity contribution in [2.24, 2.45) is 11.8 Å². The molecule has 43 heavy (non-hydrogen) atoms. The molecule has 2 aliphatic rings. The smallest absolute Gasteiger partial charge is 0.417 e. The Hall–Kier alpha value is -3.24. The van der Waals surface area contributed by atoms with Crippen LogP contribution >= 0.6 is 23.5 Å². The second kappa shape index (κ2) is 16.6. The summed E-state index contributed by atoms with van der Waals surface area (Å²) >= 11 is 7.18. The number of hydrogen-bond donors (Lipinski definition) is 3. The zero-order valence-corrected chi connectivity index (χ0v) is 26.0. The molecule has 1 unspecified atom stereocenters. The van der Waals surface area contributed by atoms with E-state index in [1.54, 1.807) is 6.07 Å². The Morgan fingerprint density at radius 3 is 2.47 bits per heavy atom. The minimum atomic E-state index is -0.965. The molecule has 0 bridgehead atoms. The average molecular weight is 630 g/mol. The molecule has 0 aromatic heterocycles. The summed E-state index contributed by atoms with van der Waals surface area (Å²) in [5.41, 5.74) is 1.75. The summed E-state index contributed by atoms with van der Waals surface area (Å²) in [4.78, 5) is 51.4. The minimum Gasteiger partial charge on any atom is -0.467 e. The van der Waals surface area contributed by atoms with Crippen molar-refractivity contribution < 1.29 is 28.7 Å². The zero-order chi connectivity index (χ0) is 30.6. The lowest BCUT2D eigenvalue weighted by molar-refractivity contribution is -0.145. The van der Waals surface area contributed by atoms with Gasteiger partial charge in [-0.3, -0.25) is 14.3 Å². The van der Waals surface area contributed by atoms with Crippen LogP contribution in [0.1, 0.15) is 68.6 Å². The van der Waals surface area contributed by atoms with Crippen LogP contribution in [0.2, 0.25) is 5.02 Å². The van der Waals surface area contributed by atoms with Crippen LogP contribution in [0, 0.1) is 11.8 Å². The van der Waals surface area contributed by atoms with Crippen LogP contribution in [0.3, 0.4) is 0 Å². The second-order valence-corrected chi connectivity index (χ2v) is 12.6. The molecule has 1 saturated carbocycles. The number of carbonyl (C=O) groups excluding carboxylic acids is 4. The number of hydrogen-bond acceptors (Lipinski definition) is 7. The zero-order valence-electron chi connectivity index (χ0n) is 24.4. The van der Waals surface area contributed by atoms with Crippen molar-refractivity contribution in [3.63, 3.8) is 0 Å². The quantitative estimate of drug-likeness (QED) is 0.197. The van der Waals surface area contributed by atoms with E-state index in [1.165, 1.54) is 13.5 Å². The molecule has 1 aliphatic heterocycles.